The van der Waals surface area contributed by atoms with Crippen molar-refractivity contribution < 1.29 is 22.4 Å². The number of aromatic nitrogens is 2. The summed E-state index contributed by atoms with van der Waals surface area (Å²) >= 11 is 0. The lowest BCUT2D eigenvalue weighted by Gasteiger charge is -2.18. The van der Waals surface area contributed by atoms with E-state index < -0.39 is 11.6 Å². The Morgan fingerprint density at radius 3 is 2.38 bits per heavy atom. The first kappa shape index (κ1) is 24.3. The van der Waals surface area contributed by atoms with Gasteiger partial charge in [0.25, 0.3) is 5.91 Å². The van der Waals surface area contributed by atoms with Crippen molar-refractivity contribution in [3.8, 4) is 33.9 Å². The molecule has 3 aromatic heterocycles. The van der Waals surface area contributed by atoms with Gasteiger partial charge in [-0.15, -0.1) is 0 Å². The van der Waals surface area contributed by atoms with E-state index in [0.717, 1.165) is 5.69 Å². The van der Waals surface area contributed by atoms with Crippen molar-refractivity contribution >= 4 is 33.8 Å². The van der Waals surface area contributed by atoms with Crippen molar-refractivity contribution in [3.63, 3.8) is 0 Å². The highest BCUT2D eigenvalue weighted by Crippen LogP contribution is 2.41. The summed E-state index contributed by atoms with van der Waals surface area (Å²) in [6.07, 6.45) is 1.60. The number of rotatable bonds is 5. The fourth-order valence-corrected chi connectivity index (χ4v) is 4.65. The van der Waals surface area contributed by atoms with Crippen molar-refractivity contribution in [1.29, 1.82) is 0 Å². The molecule has 9 heteroatoms. The number of nitrogens with zero attached hydrogens (tertiary/aromatic N) is 3. The summed E-state index contributed by atoms with van der Waals surface area (Å²) in [4.78, 5) is 23.6. The van der Waals surface area contributed by atoms with Crippen LogP contribution in [0, 0.1) is 11.6 Å². The van der Waals surface area contributed by atoms with E-state index in [4.69, 9.17) is 8.83 Å². The summed E-state index contributed by atoms with van der Waals surface area (Å²) in [6.45, 7) is 0. The number of amides is 1. The van der Waals surface area contributed by atoms with Crippen LogP contribution in [0.25, 0.3) is 56.1 Å². The molecule has 0 radical (unpaired) electrons. The molecule has 194 valence electrons. The average molecular weight is 525 g/mol. The average Bonchev–Trinajstić information content (AvgIpc) is 3.53. The number of carbonyl (C=O) groups is 1. The predicted molar refractivity (Wildman–Crippen MR) is 146 cm³/mol. The zero-order chi connectivity index (χ0) is 27.3. The summed E-state index contributed by atoms with van der Waals surface area (Å²) in [6, 6.07) is 17.4. The van der Waals surface area contributed by atoms with Crippen LogP contribution < -0.4 is 10.2 Å². The maximum atomic E-state index is 15.0. The molecule has 0 aliphatic carbocycles. The van der Waals surface area contributed by atoms with Crippen molar-refractivity contribution in [2.24, 2.45) is 0 Å². The lowest BCUT2D eigenvalue weighted by molar-refractivity contribution is 0.0964. The summed E-state index contributed by atoms with van der Waals surface area (Å²) in [5, 5.41) is 3.19. The van der Waals surface area contributed by atoms with Crippen molar-refractivity contribution in [1.82, 2.24) is 15.3 Å². The third kappa shape index (κ3) is 4.27. The highest BCUT2D eigenvalue weighted by atomic mass is 19.1. The van der Waals surface area contributed by atoms with Crippen LogP contribution in [-0.2, 0) is 0 Å². The van der Waals surface area contributed by atoms with Gasteiger partial charge in [-0.05, 0) is 66.2 Å². The van der Waals surface area contributed by atoms with E-state index in [1.807, 2.05) is 19.0 Å². The number of carbonyl (C=O) groups excluding carboxylic acids is 1. The van der Waals surface area contributed by atoms with Gasteiger partial charge in [0, 0.05) is 61.2 Å². The highest BCUT2D eigenvalue weighted by molar-refractivity contribution is 6.13. The number of nitrogens with one attached hydrogen (secondary N) is 1. The monoisotopic (exact) mass is 524 g/mol. The second kappa shape index (κ2) is 9.36. The molecule has 0 spiro atoms. The van der Waals surface area contributed by atoms with E-state index in [-0.39, 0.29) is 11.8 Å². The maximum Gasteiger partial charge on any atom is 0.255 e. The van der Waals surface area contributed by atoms with Crippen LogP contribution in [0.2, 0.25) is 0 Å². The number of hydrogen-bond donors (Lipinski definition) is 1. The van der Waals surface area contributed by atoms with Gasteiger partial charge in [0.2, 0.25) is 11.6 Å². The molecule has 0 fully saturated rings. The lowest BCUT2D eigenvalue weighted by atomic mass is 9.96. The Labute approximate surface area is 221 Å². The predicted octanol–water partition coefficient (Wildman–Crippen LogP) is 6.67. The highest BCUT2D eigenvalue weighted by Gasteiger charge is 2.24. The van der Waals surface area contributed by atoms with Crippen molar-refractivity contribution in [2.75, 3.05) is 26.0 Å². The zero-order valence-corrected chi connectivity index (χ0v) is 21.3. The van der Waals surface area contributed by atoms with Gasteiger partial charge in [-0.3, -0.25) is 4.79 Å². The Bertz CT molecular complexity index is 1840. The SMILES string of the molecule is CNC(=O)c1c(-c2ccc(F)cc2)oc2cc(N(C)C)c(-c3cc(F)cc(-c4nc5cccnc5o4)c3)cc12. The molecule has 0 unspecified atom stereocenters. The molecule has 0 saturated heterocycles. The Kier molecular flexibility index (Phi) is 5.83. The first-order valence-corrected chi connectivity index (χ1v) is 12.1. The van der Waals surface area contributed by atoms with E-state index in [1.54, 1.807) is 48.7 Å². The number of anilines is 1. The molecule has 1 N–H and O–H groups in total. The zero-order valence-electron chi connectivity index (χ0n) is 21.3. The minimum Gasteiger partial charge on any atom is -0.455 e. The lowest BCUT2D eigenvalue weighted by Crippen LogP contribution is -2.18. The fraction of sp³-hybridized carbons (Fsp3) is 0.100. The third-order valence-corrected chi connectivity index (χ3v) is 6.47. The van der Waals surface area contributed by atoms with E-state index >= 15 is 4.39 Å². The normalized spacial score (nSPS) is 11.3. The number of fused-ring (bicyclic) bond motifs is 2. The quantitative estimate of drug-likeness (QED) is 0.271. The molecule has 0 saturated carbocycles. The molecule has 0 atom stereocenters. The van der Waals surface area contributed by atoms with Crippen LogP contribution in [0.5, 0.6) is 0 Å². The van der Waals surface area contributed by atoms with E-state index in [2.05, 4.69) is 15.3 Å². The number of furan rings is 1. The summed E-state index contributed by atoms with van der Waals surface area (Å²) in [5.41, 5.74) is 4.63. The van der Waals surface area contributed by atoms with Gasteiger partial charge in [0.1, 0.15) is 28.5 Å². The van der Waals surface area contributed by atoms with Gasteiger partial charge in [-0.2, -0.15) is 0 Å². The van der Waals surface area contributed by atoms with E-state index in [1.165, 1.54) is 31.3 Å². The molecule has 3 aromatic carbocycles. The summed E-state index contributed by atoms with van der Waals surface area (Å²) in [7, 11) is 5.25. The van der Waals surface area contributed by atoms with Crippen LogP contribution in [0.15, 0.2) is 81.8 Å². The molecule has 0 bridgehead atoms. The Hall–Kier alpha value is -5.05. The van der Waals surface area contributed by atoms with Gasteiger partial charge < -0.3 is 19.1 Å². The largest absolute Gasteiger partial charge is 0.455 e. The minimum atomic E-state index is -0.478. The van der Waals surface area contributed by atoms with Crippen molar-refractivity contribution in [2.45, 2.75) is 0 Å². The second-order valence-corrected chi connectivity index (χ2v) is 9.23. The number of pyridine rings is 1. The van der Waals surface area contributed by atoms with Crippen molar-refractivity contribution in [3.05, 3.63) is 90.1 Å². The second-order valence-electron chi connectivity index (χ2n) is 9.23. The number of benzene rings is 3. The molecule has 6 aromatic rings. The Morgan fingerprint density at radius 1 is 0.897 bits per heavy atom. The van der Waals surface area contributed by atoms with Gasteiger partial charge in [-0.1, -0.05) is 0 Å². The number of halogens is 2. The fourth-order valence-electron chi connectivity index (χ4n) is 4.65. The molecule has 1 amide bonds. The third-order valence-electron chi connectivity index (χ3n) is 6.47. The molecule has 6 rings (SSSR count). The topological polar surface area (TPSA) is 84.4 Å². The molecule has 0 aliphatic heterocycles. The maximum absolute atomic E-state index is 15.0. The van der Waals surface area contributed by atoms with Gasteiger partial charge in [0.15, 0.2) is 0 Å². The van der Waals surface area contributed by atoms with E-state index in [9.17, 15) is 9.18 Å². The molecule has 3 heterocycles. The van der Waals surface area contributed by atoms with E-state index in [0.29, 0.717) is 55.8 Å². The molecule has 39 heavy (non-hydrogen) atoms. The Balaban J connectivity index is 1.58. The summed E-state index contributed by atoms with van der Waals surface area (Å²) in [5.74, 6) is -0.691. The Morgan fingerprint density at radius 2 is 1.67 bits per heavy atom. The van der Waals surface area contributed by atoms with Gasteiger partial charge in [0.05, 0.1) is 5.56 Å². The van der Waals surface area contributed by atoms with Crippen LogP contribution in [-0.4, -0.2) is 37.0 Å². The van der Waals surface area contributed by atoms with Gasteiger partial charge in [-0.25, -0.2) is 18.7 Å². The van der Waals surface area contributed by atoms with Crippen LogP contribution in [0.4, 0.5) is 14.5 Å². The molecular weight excluding hydrogens is 502 g/mol. The summed E-state index contributed by atoms with van der Waals surface area (Å²) < 4.78 is 40.6. The van der Waals surface area contributed by atoms with Crippen LogP contribution in [0.1, 0.15) is 10.4 Å². The molecular formula is C30H22F2N4O3. The number of oxazole rings is 1. The molecule has 0 aliphatic rings. The first-order valence-electron chi connectivity index (χ1n) is 12.1. The van der Waals surface area contributed by atoms with Crippen LogP contribution in [0.3, 0.4) is 0 Å². The first-order chi connectivity index (χ1) is 18.8. The number of hydrogen-bond acceptors (Lipinski definition) is 6. The standard InChI is InChI=1S/C30H22F2N4O3/c1-33-28(37)26-22-14-21(24(36(2)3)15-25(22)38-27(26)16-6-8-19(31)9-7-16)17-11-18(13-20(32)12-17)29-35-23-5-4-10-34-30(23)39-29/h4-15H,1-3H3,(H,33,37). The smallest absolute Gasteiger partial charge is 0.255 e. The molecule has 7 nitrogen and oxygen atoms in total. The van der Waals surface area contributed by atoms with Crippen LogP contribution >= 0.6 is 0 Å². The van der Waals surface area contributed by atoms with Gasteiger partial charge >= 0.3 is 0 Å². The minimum absolute atomic E-state index is 0.241.